The first-order valence-corrected chi connectivity index (χ1v) is 9.55. The number of hydrogen-bond acceptors (Lipinski definition) is 6. The number of pyridine rings is 1. The number of aryl methyl sites for hydroxylation is 2. The van der Waals surface area contributed by atoms with Crippen LogP contribution in [0.15, 0.2) is 15.4 Å². The molecule has 0 spiro atoms. The van der Waals surface area contributed by atoms with Gasteiger partial charge in [0.25, 0.3) is 11.5 Å². The predicted octanol–water partition coefficient (Wildman–Crippen LogP) is 0.914. The van der Waals surface area contributed by atoms with E-state index in [-0.39, 0.29) is 11.5 Å². The summed E-state index contributed by atoms with van der Waals surface area (Å²) < 4.78 is 6.68. The molecule has 144 valence electrons. The molecule has 2 aromatic heterocycles. The van der Waals surface area contributed by atoms with E-state index in [1.165, 1.54) is 0 Å². The van der Waals surface area contributed by atoms with Crippen molar-refractivity contribution in [2.75, 3.05) is 26.2 Å². The minimum absolute atomic E-state index is 0.154. The fourth-order valence-corrected chi connectivity index (χ4v) is 4.03. The molecule has 8 heteroatoms. The van der Waals surface area contributed by atoms with Crippen molar-refractivity contribution < 1.29 is 9.32 Å². The Balaban J connectivity index is 1.45. The second-order valence-corrected chi connectivity index (χ2v) is 7.40. The number of hydrogen-bond donors (Lipinski definition) is 0. The minimum atomic E-state index is -0.176. The number of aromatic nitrogens is 3. The third kappa shape index (κ3) is 3.53. The lowest BCUT2D eigenvalue weighted by Crippen LogP contribution is -2.49. The average molecular weight is 371 g/mol. The van der Waals surface area contributed by atoms with E-state index in [4.69, 9.17) is 4.52 Å². The summed E-state index contributed by atoms with van der Waals surface area (Å²) in [5.74, 6) is 1.07. The Kier molecular flexibility index (Phi) is 4.82. The summed E-state index contributed by atoms with van der Waals surface area (Å²) >= 11 is 0. The zero-order valence-corrected chi connectivity index (χ0v) is 15.9. The highest BCUT2D eigenvalue weighted by molar-refractivity contribution is 5.94. The fourth-order valence-electron chi connectivity index (χ4n) is 4.03. The van der Waals surface area contributed by atoms with Crippen LogP contribution in [0.25, 0.3) is 0 Å². The molecule has 2 aromatic rings. The quantitative estimate of drug-likeness (QED) is 0.798. The van der Waals surface area contributed by atoms with Crippen LogP contribution >= 0.6 is 0 Å². The predicted molar refractivity (Wildman–Crippen MR) is 98.5 cm³/mol. The largest absolute Gasteiger partial charge is 0.340 e. The lowest BCUT2D eigenvalue weighted by atomic mass is 9.94. The van der Waals surface area contributed by atoms with Gasteiger partial charge in [-0.15, -0.1) is 0 Å². The number of rotatable bonds is 3. The van der Waals surface area contributed by atoms with Crippen LogP contribution in [0.3, 0.4) is 0 Å². The van der Waals surface area contributed by atoms with Crippen LogP contribution in [0.4, 0.5) is 0 Å². The van der Waals surface area contributed by atoms with Crippen LogP contribution in [0, 0.1) is 6.92 Å². The zero-order valence-electron chi connectivity index (χ0n) is 15.9. The van der Waals surface area contributed by atoms with Gasteiger partial charge < -0.3 is 14.0 Å². The number of carbonyl (C=O) groups excluding carboxylic acids is 1. The molecule has 27 heavy (non-hydrogen) atoms. The molecule has 2 aliphatic rings. The Morgan fingerprint density at radius 3 is 2.63 bits per heavy atom. The Morgan fingerprint density at radius 1 is 1.19 bits per heavy atom. The number of piperazine rings is 1. The second-order valence-electron chi connectivity index (χ2n) is 7.40. The molecule has 0 aromatic carbocycles. The van der Waals surface area contributed by atoms with E-state index < -0.39 is 0 Å². The van der Waals surface area contributed by atoms with Crippen molar-refractivity contribution in [1.29, 1.82) is 0 Å². The van der Waals surface area contributed by atoms with Gasteiger partial charge in [0.15, 0.2) is 5.82 Å². The molecule has 0 radical (unpaired) electrons. The molecule has 1 amide bonds. The van der Waals surface area contributed by atoms with Crippen LogP contribution in [0.1, 0.15) is 46.2 Å². The van der Waals surface area contributed by atoms with Gasteiger partial charge in [-0.3, -0.25) is 14.5 Å². The summed E-state index contributed by atoms with van der Waals surface area (Å²) in [6.45, 7) is 5.02. The maximum atomic E-state index is 13.0. The molecule has 4 rings (SSSR count). The van der Waals surface area contributed by atoms with E-state index in [2.05, 4.69) is 15.0 Å². The van der Waals surface area contributed by atoms with Crippen molar-refractivity contribution in [2.45, 2.75) is 39.2 Å². The molecule has 0 N–H and O–H groups in total. The second kappa shape index (κ2) is 7.26. The smallest absolute Gasteiger partial charge is 0.263 e. The molecule has 0 unspecified atom stereocenters. The number of carbonyl (C=O) groups is 1. The molecular formula is C19H25N5O3. The van der Waals surface area contributed by atoms with Crippen LogP contribution in [0.5, 0.6) is 0 Å². The summed E-state index contributed by atoms with van der Waals surface area (Å²) in [7, 11) is 1.79. The van der Waals surface area contributed by atoms with Crippen LogP contribution < -0.4 is 5.56 Å². The third-order valence-electron chi connectivity index (χ3n) is 5.56. The van der Waals surface area contributed by atoms with Crippen LogP contribution in [0.2, 0.25) is 0 Å². The molecule has 3 heterocycles. The molecule has 1 saturated heterocycles. The maximum absolute atomic E-state index is 13.0. The van der Waals surface area contributed by atoms with Gasteiger partial charge in [-0.1, -0.05) is 5.16 Å². The van der Waals surface area contributed by atoms with E-state index in [1.807, 2.05) is 6.07 Å². The highest BCUT2D eigenvalue weighted by Crippen LogP contribution is 2.21. The molecule has 8 nitrogen and oxygen atoms in total. The van der Waals surface area contributed by atoms with Crippen molar-refractivity contribution >= 4 is 5.91 Å². The Hall–Kier alpha value is -2.48. The summed E-state index contributed by atoms with van der Waals surface area (Å²) in [4.78, 5) is 33.9. The first kappa shape index (κ1) is 17.9. The molecule has 1 aliphatic carbocycles. The Labute approximate surface area is 157 Å². The molecule has 0 bridgehead atoms. The van der Waals surface area contributed by atoms with Crippen molar-refractivity contribution in [3.05, 3.63) is 45.0 Å². The van der Waals surface area contributed by atoms with Crippen LogP contribution in [-0.4, -0.2) is 56.6 Å². The minimum Gasteiger partial charge on any atom is -0.340 e. The van der Waals surface area contributed by atoms with Crippen LogP contribution in [-0.2, 0) is 26.4 Å². The third-order valence-corrected chi connectivity index (χ3v) is 5.56. The van der Waals surface area contributed by atoms with Crippen molar-refractivity contribution in [3.63, 3.8) is 0 Å². The molecular weight excluding hydrogens is 346 g/mol. The van der Waals surface area contributed by atoms with E-state index in [9.17, 15) is 9.59 Å². The van der Waals surface area contributed by atoms with Crippen molar-refractivity contribution in [1.82, 2.24) is 24.5 Å². The SMILES string of the molecule is Cc1nc(CN2CCN(C(=O)c3cc4c(n(C)c3=O)CCCC4)CC2)no1. The maximum Gasteiger partial charge on any atom is 0.263 e. The lowest BCUT2D eigenvalue weighted by molar-refractivity contribution is 0.0622. The van der Waals surface area contributed by atoms with E-state index >= 15 is 0 Å². The Morgan fingerprint density at radius 2 is 1.93 bits per heavy atom. The summed E-state index contributed by atoms with van der Waals surface area (Å²) in [6.07, 6.45) is 4.09. The monoisotopic (exact) mass is 371 g/mol. The highest BCUT2D eigenvalue weighted by Gasteiger charge is 2.26. The van der Waals surface area contributed by atoms with Gasteiger partial charge in [0.05, 0.1) is 6.54 Å². The highest BCUT2D eigenvalue weighted by atomic mass is 16.5. The standard InChI is InChI=1S/C19H25N5O3/c1-13-20-17(21-27-13)12-23-7-9-24(10-8-23)19(26)15-11-14-5-3-4-6-16(14)22(2)18(15)25/h11H,3-10,12H2,1-2H3. The topological polar surface area (TPSA) is 84.5 Å². The van der Waals surface area contributed by atoms with Gasteiger partial charge in [0.1, 0.15) is 5.56 Å². The molecule has 0 saturated carbocycles. The Bertz CT molecular complexity index is 909. The van der Waals surface area contributed by atoms with Gasteiger partial charge in [-0.05, 0) is 37.3 Å². The van der Waals surface area contributed by atoms with Crippen molar-refractivity contribution in [3.8, 4) is 0 Å². The van der Waals surface area contributed by atoms with E-state index in [0.717, 1.165) is 50.0 Å². The molecule has 1 fully saturated rings. The first-order chi connectivity index (χ1) is 13.0. The van der Waals surface area contributed by atoms with Gasteiger partial charge >= 0.3 is 0 Å². The van der Waals surface area contributed by atoms with E-state index in [0.29, 0.717) is 36.9 Å². The zero-order chi connectivity index (χ0) is 19.0. The van der Waals surface area contributed by atoms with Gasteiger partial charge in [0, 0.05) is 45.8 Å². The summed E-state index contributed by atoms with van der Waals surface area (Å²) in [5, 5.41) is 3.92. The molecule has 1 aliphatic heterocycles. The van der Waals surface area contributed by atoms with Gasteiger partial charge in [-0.2, -0.15) is 4.98 Å². The first-order valence-electron chi connectivity index (χ1n) is 9.55. The number of fused-ring (bicyclic) bond motifs is 1. The number of nitrogens with zero attached hydrogens (tertiary/aromatic N) is 5. The van der Waals surface area contributed by atoms with Crippen molar-refractivity contribution in [2.24, 2.45) is 7.05 Å². The average Bonchev–Trinajstić information content (AvgIpc) is 3.09. The summed E-state index contributed by atoms with van der Waals surface area (Å²) in [5.41, 5.74) is 2.37. The van der Waals surface area contributed by atoms with Gasteiger partial charge in [-0.25, -0.2) is 0 Å². The van der Waals surface area contributed by atoms with Gasteiger partial charge in [0.2, 0.25) is 5.89 Å². The molecule has 0 atom stereocenters. The van der Waals surface area contributed by atoms with E-state index in [1.54, 1.807) is 23.4 Å². The number of amides is 1. The normalized spacial score (nSPS) is 17.8. The summed E-state index contributed by atoms with van der Waals surface area (Å²) in [6, 6.07) is 1.84. The lowest BCUT2D eigenvalue weighted by Gasteiger charge is -2.34. The fraction of sp³-hybridized carbons (Fsp3) is 0.579.